The van der Waals surface area contributed by atoms with Gasteiger partial charge in [-0.1, -0.05) is 0 Å². The molecule has 106 valence electrons. The lowest BCUT2D eigenvalue weighted by molar-refractivity contribution is -0.131. The average molecular weight is 309 g/mol. The number of hydrogen-bond acceptors (Lipinski definition) is 6. The van der Waals surface area contributed by atoms with Crippen molar-refractivity contribution in [2.45, 2.75) is 26.4 Å². The van der Waals surface area contributed by atoms with E-state index in [1.165, 1.54) is 5.38 Å². The van der Waals surface area contributed by atoms with Crippen LogP contribution in [0.3, 0.4) is 0 Å². The lowest BCUT2D eigenvalue weighted by atomic mass is 10.2. The molecule has 19 heavy (non-hydrogen) atoms. The van der Waals surface area contributed by atoms with Crippen molar-refractivity contribution < 1.29 is 24.2 Å². The predicted octanol–water partition coefficient (Wildman–Crippen LogP) is 2.18. The van der Waals surface area contributed by atoms with Crippen molar-refractivity contribution in [1.29, 1.82) is 0 Å². The monoisotopic (exact) mass is 308 g/mol. The highest BCUT2D eigenvalue weighted by Gasteiger charge is 2.20. The van der Waals surface area contributed by atoms with E-state index < -0.39 is 23.4 Å². The second kappa shape index (κ2) is 6.48. The summed E-state index contributed by atoms with van der Waals surface area (Å²) >= 11 is 0.942. The Morgan fingerprint density at radius 3 is 2.42 bits per heavy atom. The summed E-state index contributed by atoms with van der Waals surface area (Å²) in [4.78, 5) is 36.5. The van der Waals surface area contributed by atoms with Gasteiger partial charge in [0.2, 0.25) is 0 Å². The van der Waals surface area contributed by atoms with Gasteiger partial charge in [-0.2, -0.15) is 0 Å². The van der Waals surface area contributed by atoms with E-state index in [-0.39, 0.29) is 23.2 Å². The number of anilines is 1. The summed E-state index contributed by atoms with van der Waals surface area (Å²) in [6, 6.07) is 0. The molecular weight excluding hydrogens is 296 g/mol. The molecule has 0 radical (unpaired) electrons. The fourth-order valence-electron chi connectivity index (χ4n) is 0.936. The van der Waals surface area contributed by atoms with Crippen molar-refractivity contribution in [2.75, 3.05) is 5.32 Å². The normalized spacial score (nSPS) is 10.3. The number of carbonyl (C=O) groups excluding carboxylic acids is 2. The van der Waals surface area contributed by atoms with Crippen LogP contribution in [0.1, 0.15) is 31.3 Å². The van der Waals surface area contributed by atoms with Crippen LogP contribution in [0.15, 0.2) is 5.38 Å². The largest absolute Gasteiger partial charge is 0.475 e. The Hall–Kier alpha value is -1.67. The summed E-state index contributed by atoms with van der Waals surface area (Å²) in [6.45, 7) is 5.11. The number of amides is 1. The van der Waals surface area contributed by atoms with Gasteiger partial charge in [-0.25, -0.2) is 14.6 Å². The Labute approximate surface area is 119 Å². The van der Waals surface area contributed by atoms with Crippen molar-refractivity contribution in [1.82, 2.24) is 4.98 Å². The topological polar surface area (TPSA) is 106 Å². The minimum Gasteiger partial charge on any atom is -0.475 e. The highest BCUT2D eigenvalue weighted by molar-refractivity contribution is 7.14. The molecule has 0 aliphatic heterocycles. The number of nitrogens with one attached hydrogen (secondary N) is 1. The Morgan fingerprint density at radius 2 is 1.95 bits per heavy atom. The second-order valence-electron chi connectivity index (χ2n) is 4.30. The predicted molar refractivity (Wildman–Crippen MR) is 71.2 cm³/mol. The molecule has 0 fully saturated rings. The van der Waals surface area contributed by atoms with Crippen LogP contribution in [0, 0.1) is 0 Å². The zero-order valence-electron chi connectivity index (χ0n) is 10.4. The third-order valence-electron chi connectivity index (χ3n) is 1.54. The van der Waals surface area contributed by atoms with Crippen molar-refractivity contribution >= 4 is 46.7 Å². The van der Waals surface area contributed by atoms with Crippen LogP contribution >= 0.6 is 23.7 Å². The summed E-state index contributed by atoms with van der Waals surface area (Å²) in [5, 5.41) is 12.2. The Bertz CT molecular complexity index is 494. The molecule has 1 amide bonds. The fourth-order valence-corrected chi connectivity index (χ4v) is 1.61. The van der Waals surface area contributed by atoms with Crippen LogP contribution in [0.2, 0.25) is 0 Å². The number of ether oxygens (including phenoxy) is 1. The van der Waals surface area contributed by atoms with E-state index in [1.807, 2.05) is 0 Å². The minimum absolute atomic E-state index is 0. The van der Waals surface area contributed by atoms with E-state index in [1.54, 1.807) is 20.8 Å². The zero-order chi connectivity index (χ0) is 13.9. The van der Waals surface area contributed by atoms with Crippen LogP contribution in [-0.4, -0.2) is 33.5 Å². The number of thiazole rings is 1. The van der Waals surface area contributed by atoms with Crippen molar-refractivity contribution in [3.8, 4) is 0 Å². The van der Waals surface area contributed by atoms with Gasteiger partial charge in [0.25, 0.3) is 5.78 Å². The maximum absolute atomic E-state index is 11.4. The number of halogens is 1. The number of Topliss-reactive ketones (excluding diaryl/α,β-unsaturated/α-hetero) is 1. The highest BCUT2D eigenvalue weighted by Crippen LogP contribution is 2.17. The molecule has 2 N–H and O–H groups in total. The standard InChI is InChI=1S/C10H12N2O5S.ClH/c1-10(2,3)17-9(16)12-8-11-5(4-18-8)6(13)7(14)15;/h4H,1-3H3,(H,14,15)(H,11,12,16);1H. The number of aromatic nitrogens is 1. The van der Waals surface area contributed by atoms with Gasteiger partial charge in [0.05, 0.1) is 0 Å². The Kier molecular flexibility index (Phi) is 5.91. The Morgan fingerprint density at radius 1 is 1.37 bits per heavy atom. The molecule has 0 bridgehead atoms. The van der Waals surface area contributed by atoms with Crippen LogP contribution < -0.4 is 5.32 Å². The van der Waals surface area contributed by atoms with E-state index in [9.17, 15) is 14.4 Å². The average Bonchev–Trinajstić information content (AvgIpc) is 2.61. The SMILES string of the molecule is CC(C)(C)OC(=O)Nc1nc(C(=O)C(=O)O)cs1.Cl. The quantitative estimate of drug-likeness (QED) is 0.655. The molecule has 9 heteroatoms. The first kappa shape index (κ1) is 17.3. The maximum atomic E-state index is 11.4. The summed E-state index contributed by atoms with van der Waals surface area (Å²) in [5.41, 5.74) is -0.875. The fraction of sp³-hybridized carbons (Fsp3) is 0.400. The van der Waals surface area contributed by atoms with Crippen LogP contribution in [0.4, 0.5) is 9.93 Å². The van der Waals surface area contributed by atoms with E-state index in [4.69, 9.17) is 9.84 Å². The van der Waals surface area contributed by atoms with Gasteiger partial charge in [-0.05, 0) is 20.8 Å². The first-order chi connectivity index (χ1) is 8.19. The van der Waals surface area contributed by atoms with E-state index >= 15 is 0 Å². The first-order valence-electron chi connectivity index (χ1n) is 4.92. The number of nitrogens with zero attached hydrogens (tertiary/aromatic N) is 1. The van der Waals surface area contributed by atoms with Crippen LogP contribution in [0.25, 0.3) is 0 Å². The number of carbonyl (C=O) groups is 3. The minimum atomic E-state index is -1.59. The van der Waals surface area contributed by atoms with E-state index in [0.717, 1.165) is 11.3 Å². The maximum Gasteiger partial charge on any atom is 0.413 e. The van der Waals surface area contributed by atoms with Gasteiger partial charge >= 0.3 is 12.1 Å². The number of carboxylic acids is 1. The molecule has 0 unspecified atom stereocenters. The smallest absolute Gasteiger partial charge is 0.413 e. The number of hydrogen-bond donors (Lipinski definition) is 2. The molecule has 7 nitrogen and oxygen atoms in total. The second-order valence-corrected chi connectivity index (χ2v) is 5.16. The van der Waals surface area contributed by atoms with Crippen LogP contribution in [0.5, 0.6) is 0 Å². The van der Waals surface area contributed by atoms with Crippen molar-refractivity contribution in [3.05, 3.63) is 11.1 Å². The Balaban J connectivity index is 0.00000324. The summed E-state index contributed by atoms with van der Waals surface area (Å²) in [6.07, 6.45) is -0.717. The van der Waals surface area contributed by atoms with Gasteiger partial charge in [-0.15, -0.1) is 23.7 Å². The molecule has 0 aliphatic rings. The molecule has 1 aromatic rings. The summed E-state index contributed by atoms with van der Waals surface area (Å²) in [7, 11) is 0. The molecule has 1 heterocycles. The molecule has 0 saturated heterocycles. The third-order valence-corrected chi connectivity index (χ3v) is 2.30. The number of rotatable bonds is 3. The lowest BCUT2D eigenvalue weighted by Crippen LogP contribution is -2.27. The van der Waals surface area contributed by atoms with Gasteiger partial charge in [0, 0.05) is 5.38 Å². The molecular formula is C10H13ClN2O5S. The van der Waals surface area contributed by atoms with E-state index in [2.05, 4.69) is 10.3 Å². The van der Waals surface area contributed by atoms with Gasteiger partial charge in [0.15, 0.2) is 5.13 Å². The number of aliphatic carboxylic acids is 1. The van der Waals surface area contributed by atoms with Crippen molar-refractivity contribution in [3.63, 3.8) is 0 Å². The molecule has 0 saturated carbocycles. The lowest BCUT2D eigenvalue weighted by Gasteiger charge is -2.18. The molecule has 0 aliphatic carbocycles. The highest BCUT2D eigenvalue weighted by atomic mass is 35.5. The number of carboxylic acid groups (broad SMARTS) is 1. The molecule has 1 rings (SSSR count). The molecule has 1 aromatic heterocycles. The van der Waals surface area contributed by atoms with Gasteiger partial charge in [0.1, 0.15) is 11.3 Å². The molecule has 0 aromatic carbocycles. The third kappa shape index (κ3) is 5.66. The molecule has 0 atom stereocenters. The number of ketones is 1. The first-order valence-corrected chi connectivity index (χ1v) is 5.80. The summed E-state index contributed by atoms with van der Waals surface area (Å²) < 4.78 is 4.97. The van der Waals surface area contributed by atoms with Gasteiger partial charge in [-0.3, -0.25) is 10.1 Å². The van der Waals surface area contributed by atoms with Gasteiger partial charge < -0.3 is 9.84 Å². The van der Waals surface area contributed by atoms with Crippen LogP contribution in [-0.2, 0) is 9.53 Å². The van der Waals surface area contributed by atoms with Crippen molar-refractivity contribution in [2.24, 2.45) is 0 Å². The summed E-state index contributed by atoms with van der Waals surface area (Å²) in [5.74, 6) is -2.72. The zero-order valence-corrected chi connectivity index (χ0v) is 12.1. The molecule has 0 spiro atoms. The van der Waals surface area contributed by atoms with E-state index in [0.29, 0.717) is 0 Å².